The maximum Gasteiger partial charge on any atom is 0.183 e. The van der Waals surface area contributed by atoms with Crippen LogP contribution in [0.3, 0.4) is 0 Å². The fourth-order valence-electron chi connectivity index (χ4n) is 3.33. The third-order valence-corrected chi connectivity index (χ3v) is 5.71. The molecule has 0 bridgehead atoms. The van der Waals surface area contributed by atoms with Crippen molar-refractivity contribution >= 4 is 21.6 Å². The molecule has 6 heteroatoms. The van der Waals surface area contributed by atoms with E-state index >= 15 is 0 Å². The smallest absolute Gasteiger partial charge is 0.183 e. The zero-order valence-corrected chi connectivity index (χ0v) is 14.5. The second-order valence-electron chi connectivity index (χ2n) is 6.46. The van der Waals surface area contributed by atoms with Crippen molar-refractivity contribution in [1.29, 1.82) is 0 Å². The number of thiazole rings is 1. The molecule has 4 nitrogen and oxygen atoms in total. The van der Waals surface area contributed by atoms with Crippen LogP contribution in [0.4, 0.5) is 4.39 Å². The van der Waals surface area contributed by atoms with Crippen molar-refractivity contribution in [3.63, 3.8) is 0 Å². The van der Waals surface area contributed by atoms with Crippen LogP contribution in [0.15, 0.2) is 36.7 Å². The van der Waals surface area contributed by atoms with E-state index < -0.39 is 5.82 Å². The van der Waals surface area contributed by atoms with E-state index in [2.05, 4.69) is 9.97 Å². The Kier molecular flexibility index (Phi) is 4.63. The molecule has 3 aromatic rings. The van der Waals surface area contributed by atoms with Crippen molar-refractivity contribution < 1.29 is 14.2 Å². The van der Waals surface area contributed by atoms with Gasteiger partial charge in [-0.15, -0.1) is 11.3 Å². The molecule has 2 heterocycles. The van der Waals surface area contributed by atoms with E-state index in [1.54, 1.807) is 17.4 Å². The number of nitrogens with zero attached hydrogens (tertiary/aromatic N) is 2. The number of ether oxygens (including phenoxy) is 1. The molecule has 0 saturated heterocycles. The average Bonchev–Trinajstić information content (AvgIpc) is 3.01. The van der Waals surface area contributed by atoms with Gasteiger partial charge in [0.1, 0.15) is 5.75 Å². The molecule has 1 aliphatic rings. The van der Waals surface area contributed by atoms with Crippen LogP contribution in [-0.4, -0.2) is 21.2 Å². The highest BCUT2D eigenvalue weighted by atomic mass is 32.1. The van der Waals surface area contributed by atoms with Crippen molar-refractivity contribution in [2.45, 2.75) is 38.2 Å². The predicted molar refractivity (Wildman–Crippen MR) is 95.6 cm³/mol. The van der Waals surface area contributed by atoms with Crippen LogP contribution in [0.2, 0.25) is 0 Å². The summed E-state index contributed by atoms with van der Waals surface area (Å²) in [5.41, 5.74) is 0.910. The number of hydrogen-bond acceptors (Lipinski definition) is 5. The standard InChI is InChI=1S/C19H19FN2O2S/c20-14-11-21-8-7-17(14)24-13-5-6-15-18(10-13)25-19(22-15)9-12-3-1-2-4-16(12)23/h5-8,10-12,16,23H,1-4,9H2/t12-,16+/m0/s1. The highest BCUT2D eigenvalue weighted by molar-refractivity contribution is 7.18. The van der Waals surface area contributed by atoms with Gasteiger partial charge in [-0.1, -0.05) is 12.8 Å². The summed E-state index contributed by atoms with van der Waals surface area (Å²) in [6.07, 6.45) is 7.49. The van der Waals surface area contributed by atoms with Crippen molar-refractivity contribution in [2.24, 2.45) is 5.92 Å². The Morgan fingerprint density at radius 1 is 1.24 bits per heavy atom. The number of halogens is 1. The maximum absolute atomic E-state index is 13.7. The summed E-state index contributed by atoms with van der Waals surface area (Å²) in [6.45, 7) is 0. The molecule has 0 unspecified atom stereocenters. The molecule has 0 radical (unpaired) electrons. The van der Waals surface area contributed by atoms with Crippen LogP contribution < -0.4 is 4.74 Å². The van der Waals surface area contributed by atoms with Crippen LogP contribution in [0.25, 0.3) is 10.2 Å². The number of hydrogen-bond donors (Lipinski definition) is 1. The molecule has 130 valence electrons. The minimum atomic E-state index is -0.487. The molecule has 2 aromatic heterocycles. The van der Waals surface area contributed by atoms with E-state index in [-0.39, 0.29) is 11.9 Å². The molecular weight excluding hydrogens is 339 g/mol. The van der Waals surface area contributed by atoms with Crippen molar-refractivity contribution in [1.82, 2.24) is 9.97 Å². The topological polar surface area (TPSA) is 55.2 Å². The van der Waals surface area contributed by atoms with E-state index in [1.807, 2.05) is 12.1 Å². The lowest BCUT2D eigenvalue weighted by Gasteiger charge is -2.26. The summed E-state index contributed by atoms with van der Waals surface area (Å²) in [6, 6.07) is 7.07. The molecule has 0 amide bonds. The van der Waals surface area contributed by atoms with Crippen LogP contribution in [0, 0.1) is 11.7 Å². The number of benzene rings is 1. The molecule has 25 heavy (non-hydrogen) atoms. The molecule has 2 atom stereocenters. The van der Waals surface area contributed by atoms with E-state index in [0.29, 0.717) is 11.7 Å². The number of aromatic nitrogens is 2. The van der Waals surface area contributed by atoms with Gasteiger partial charge in [0, 0.05) is 24.8 Å². The Hall–Kier alpha value is -2.05. The van der Waals surface area contributed by atoms with E-state index in [9.17, 15) is 9.50 Å². The Morgan fingerprint density at radius 2 is 2.12 bits per heavy atom. The summed E-state index contributed by atoms with van der Waals surface area (Å²) >= 11 is 1.61. The van der Waals surface area contributed by atoms with Crippen LogP contribution in [0.5, 0.6) is 11.5 Å². The molecular formula is C19H19FN2O2S. The molecule has 1 saturated carbocycles. The first-order valence-corrected chi connectivity index (χ1v) is 9.35. The minimum Gasteiger partial charge on any atom is -0.454 e. The van der Waals surface area contributed by atoms with Crippen molar-refractivity contribution in [3.8, 4) is 11.5 Å². The van der Waals surface area contributed by atoms with Gasteiger partial charge in [0.15, 0.2) is 11.6 Å². The summed E-state index contributed by atoms with van der Waals surface area (Å²) < 4.78 is 20.3. The highest BCUT2D eigenvalue weighted by Gasteiger charge is 2.24. The predicted octanol–water partition coefficient (Wildman–Crippen LogP) is 4.72. The van der Waals surface area contributed by atoms with Gasteiger partial charge in [-0.2, -0.15) is 0 Å². The maximum atomic E-state index is 13.7. The number of rotatable bonds is 4. The van der Waals surface area contributed by atoms with E-state index in [4.69, 9.17) is 4.74 Å². The van der Waals surface area contributed by atoms with Gasteiger partial charge in [0.2, 0.25) is 0 Å². The lowest BCUT2D eigenvalue weighted by atomic mass is 9.84. The second kappa shape index (κ2) is 7.06. The first kappa shape index (κ1) is 16.4. The molecule has 0 aliphatic heterocycles. The quantitative estimate of drug-likeness (QED) is 0.733. The summed E-state index contributed by atoms with van der Waals surface area (Å²) in [5.74, 6) is 0.546. The summed E-state index contributed by atoms with van der Waals surface area (Å²) in [7, 11) is 0. The largest absolute Gasteiger partial charge is 0.454 e. The second-order valence-corrected chi connectivity index (χ2v) is 7.58. The Labute approximate surface area is 149 Å². The Bertz CT molecular complexity index is 883. The minimum absolute atomic E-state index is 0.157. The fourth-order valence-corrected chi connectivity index (χ4v) is 4.41. The molecule has 1 aromatic carbocycles. The van der Waals surface area contributed by atoms with Gasteiger partial charge in [-0.3, -0.25) is 4.98 Å². The molecule has 4 rings (SSSR count). The fraction of sp³-hybridized carbons (Fsp3) is 0.368. The lowest BCUT2D eigenvalue weighted by molar-refractivity contribution is 0.0700. The zero-order chi connectivity index (χ0) is 17.2. The molecule has 0 spiro atoms. The van der Waals surface area contributed by atoms with Crippen molar-refractivity contribution in [3.05, 3.63) is 47.5 Å². The van der Waals surface area contributed by atoms with Gasteiger partial charge in [0.05, 0.1) is 27.5 Å². The Morgan fingerprint density at radius 3 is 2.96 bits per heavy atom. The molecule has 1 fully saturated rings. The zero-order valence-electron chi connectivity index (χ0n) is 13.7. The van der Waals surface area contributed by atoms with Gasteiger partial charge in [-0.05, 0) is 30.9 Å². The van der Waals surface area contributed by atoms with Crippen LogP contribution >= 0.6 is 11.3 Å². The average molecular weight is 358 g/mol. The highest BCUT2D eigenvalue weighted by Crippen LogP contribution is 2.33. The van der Waals surface area contributed by atoms with Crippen LogP contribution in [0.1, 0.15) is 30.7 Å². The normalized spacial score (nSPS) is 20.7. The van der Waals surface area contributed by atoms with E-state index in [1.165, 1.54) is 18.7 Å². The van der Waals surface area contributed by atoms with E-state index in [0.717, 1.165) is 47.1 Å². The third-order valence-electron chi connectivity index (χ3n) is 4.67. The first-order chi connectivity index (χ1) is 12.2. The number of aliphatic hydroxyl groups excluding tert-OH is 1. The van der Waals surface area contributed by atoms with Gasteiger partial charge in [-0.25, -0.2) is 9.37 Å². The van der Waals surface area contributed by atoms with Crippen molar-refractivity contribution in [2.75, 3.05) is 0 Å². The SMILES string of the molecule is O[C@@H]1CCCC[C@H]1Cc1nc2ccc(Oc3ccncc3F)cc2s1. The van der Waals surface area contributed by atoms with Gasteiger partial charge < -0.3 is 9.84 Å². The summed E-state index contributed by atoms with van der Waals surface area (Å²) in [4.78, 5) is 8.39. The molecule has 1 aliphatic carbocycles. The van der Waals surface area contributed by atoms with Crippen LogP contribution in [-0.2, 0) is 6.42 Å². The molecule has 1 N–H and O–H groups in total. The van der Waals surface area contributed by atoms with Gasteiger partial charge >= 0.3 is 0 Å². The number of fused-ring (bicyclic) bond motifs is 1. The van der Waals surface area contributed by atoms with Gasteiger partial charge in [0.25, 0.3) is 0 Å². The first-order valence-electron chi connectivity index (χ1n) is 8.54. The monoisotopic (exact) mass is 358 g/mol. The number of aliphatic hydroxyl groups is 1. The lowest BCUT2D eigenvalue weighted by Crippen LogP contribution is -2.26. The summed E-state index contributed by atoms with van der Waals surface area (Å²) in [5, 5.41) is 11.2. The third kappa shape index (κ3) is 3.65. The number of pyridine rings is 1. The Balaban J connectivity index is 1.54.